The maximum Gasteiger partial charge on any atom is 0.238 e. The lowest BCUT2D eigenvalue weighted by Crippen LogP contribution is -2.42. The molecule has 1 amide bonds. The minimum Gasteiger partial charge on any atom is -0.353 e. The van der Waals surface area contributed by atoms with Gasteiger partial charge in [0.05, 0.1) is 12.0 Å². The van der Waals surface area contributed by atoms with Gasteiger partial charge in [0.2, 0.25) is 5.91 Å². The first-order valence-corrected chi connectivity index (χ1v) is 8.34. The Bertz CT molecular complexity index is 932. The zero-order chi connectivity index (χ0) is 17.8. The molecule has 1 saturated heterocycles. The Labute approximate surface area is 146 Å². The number of para-hydroxylation sites is 1. The van der Waals surface area contributed by atoms with Gasteiger partial charge in [-0.05, 0) is 32.4 Å². The fourth-order valence-corrected chi connectivity index (χ4v) is 4.06. The number of hydrogen-bond donors (Lipinski definition) is 1. The average Bonchev–Trinajstić information content (AvgIpc) is 3.11. The highest BCUT2D eigenvalue weighted by molar-refractivity contribution is 6.07. The van der Waals surface area contributed by atoms with Gasteiger partial charge in [-0.15, -0.1) is 0 Å². The predicted octanol–water partition coefficient (Wildman–Crippen LogP) is 2.25. The molecule has 1 aromatic carbocycles. The fourth-order valence-electron chi connectivity index (χ4n) is 4.06. The van der Waals surface area contributed by atoms with E-state index in [1.807, 2.05) is 45.0 Å². The second-order valence-electron chi connectivity index (χ2n) is 6.84. The monoisotopic (exact) mass is 333 g/mol. The van der Waals surface area contributed by atoms with Crippen LogP contribution in [0.3, 0.4) is 0 Å². The molecule has 4 rings (SSSR count). The van der Waals surface area contributed by atoms with E-state index in [4.69, 9.17) is 0 Å². The molecular formula is C19H19N5O. The molecule has 126 valence electrons. The number of nitrogens with zero attached hydrogens (tertiary/aromatic N) is 4. The van der Waals surface area contributed by atoms with Crippen molar-refractivity contribution in [1.29, 1.82) is 5.26 Å². The summed E-state index contributed by atoms with van der Waals surface area (Å²) in [7, 11) is 0. The highest BCUT2D eigenvalue weighted by Gasteiger charge is 2.58. The zero-order valence-corrected chi connectivity index (χ0v) is 14.5. The molecule has 1 N–H and O–H groups in total. The molecule has 1 spiro atoms. The van der Waals surface area contributed by atoms with E-state index in [9.17, 15) is 10.1 Å². The molecule has 0 aliphatic carbocycles. The fraction of sp³-hybridized carbons (Fsp3) is 0.368. The van der Waals surface area contributed by atoms with Crippen molar-refractivity contribution in [1.82, 2.24) is 9.97 Å². The molecule has 6 nitrogen and oxygen atoms in total. The van der Waals surface area contributed by atoms with Crippen LogP contribution < -0.4 is 10.2 Å². The van der Waals surface area contributed by atoms with Crippen molar-refractivity contribution < 1.29 is 4.79 Å². The number of fused-ring (bicyclic) bond motifs is 2. The summed E-state index contributed by atoms with van der Waals surface area (Å²) in [5.41, 5.74) is 2.79. The predicted molar refractivity (Wildman–Crippen MR) is 94.3 cm³/mol. The van der Waals surface area contributed by atoms with Crippen LogP contribution >= 0.6 is 0 Å². The van der Waals surface area contributed by atoms with E-state index >= 15 is 0 Å². The van der Waals surface area contributed by atoms with Crippen molar-refractivity contribution >= 4 is 17.4 Å². The maximum absolute atomic E-state index is 12.9. The van der Waals surface area contributed by atoms with Crippen molar-refractivity contribution in [2.75, 3.05) is 23.3 Å². The lowest BCUT2D eigenvalue weighted by molar-refractivity contribution is -0.120. The molecule has 0 radical (unpaired) electrons. The zero-order valence-electron chi connectivity index (χ0n) is 14.5. The van der Waals surface area contributed by atoms with Gasteiger partial charge in [0.1, 0.15) is 17.1 Å². The lowest BCUT2D eigenvalue weighted by Gasteiger charge is -2.25. The van der Waals surface area contributed by atoms with Gasteiger partial charge in [-0.3, -0.25) is 4.79 Å². The minimum absolute atomic E-state index is 0.0945. The van der Waals surface area contributed by atoms with Crippen LogP contribution in [0.1, 0.15) is 22.6 Å². The van der Waals surface area contributed by atoms with E-state index in [-0.39, 0.29) is 5.91 Å². The molecule has 1 fully saturated rings. The normalized spacial score (nSPS) is 24.3. The third-order valence-corrected chi connectivity index (χ3v) is 5.43. The van der Waals surface area contributed by atoms with Gasteiger partial charge in [-0.25, -0.2) is 9.97 Å². The first kappa shape index (κ1) is 15.6. The third kappa shape index (κ3) is 2.05. The minimum atomic E-state index is -0.843. The molecule has 2 aliphatic heterocycles. The summed E-state index contributed by atoms with van der Waals surface area (Å²) < 4.78 is 0. The van der Waals surface area contributed by atoms with E-state index < -0.39 is 11.3 Å². The molecule has 25 heavy (non-hydrogen) atoms. The number of benzene rings is 1. The average molecular weight is 333 g/mol. The van der Waals surface area contributed by atoms with Crippen molar-refractivity contribution in [3.63, 3.8) is 0 Å². The van der Waals surface area contributed by atoms with Crippen LogP contribution in [0, 0.1) is 38.0 Å². The number of nitrogens with one attached hydrogen (secondary N) is 1. The molecule has 2 aliphatic rings. The number of carbonyl (C=O) groups is 1. The van der Waals surface area contributed by atoms with Crippen LogP contribution in [0.25, 0.3) is 0 Å². The standard InChI is InChI=1S/C19H19N5O/c1-11-12(2)21-13(3)22-17(11)24-9-14(8-20)19(10-24)15-6-4-5-7-16(15)23-18(19)25/h4-7,14H,9-10H2,1-3H3,(H,23,25)/t14-,19-/m0/s1. The molecule has 3 heterocycles. The van der Waals surface area contributed by atoms with Gasteiger partial charge >= 0.3 is 0 Å². The van der Waals surface area contributed by atoms with E-state index in [1.165, 1.54) is 0 Å². The van der Waals surface area contributed by atoms with Crippen molar-refractivity contribution in [3.05, 3.63) is 46.9 Å². The van der Waals surface area contributed by atoms with E-state index in [0.29, 0.717) is 18.9 Å². The van der Waals surface area contributed by atoms with Crippen LogP contribution in [0.2, 0.25) is 0 Å². The highest BCUT2D eigenvalue weighted by atomic mass is 16.2. The number of anilines is 2. The Morgan fingerprint density at radius 1 is 1.28 bits per heavy atom. The first-order valence-electron chi connectivity index (χ1n) is 8.34. The van der Waals surface area contributed by atoms with Gasteiger partial charge in [-0.2, -0.15) is 5.26 Å². The second-order valence-corrected chi connectivity index (χ2v) is 6.84. The number of nitriles is 1. The van der Waals surface area contributed by atoms with E-state index in [1.54, 1.807) is 0 Å². The Kier molecular flexibility index (Phi) is 3.29. The Morgan fingerprint density at radius 2 is 2.04 bits per heavy atom. The Morgan fingerprint density at radius 3 is 2.80 bits per heavy atom. The molecule has 2 aromatic rings. The second kappa shape index (κ2) is 5.28. The molecule has 1 aromatic heterocycles. The van der Waals surface area contributed by atoms with Gasteiger partial charge in [-0.1, -0.05) is 18.2 Å². The summed E-state index contributed by atoms with van der Waals surface area (Å²) in [6.45, 7) is 6.73. The topological polar surface area (TPSA) is 81.9 Å². The molecular weight excluding hydrogens is 314 g/mol. The van der Waals surface area contributed by atoms with Crippen LogP contribution in [-0.2, 0) is 10.2 Å². The summed E-state index contributed by atoms with van der Waals surface area (Å²) in [4.78, 5) is 24.0. The molecule has 0 saturated carbocycles. The SMILES string of the molecule is Cc1nc(C)c(C)c(N2C[C@H](C#N)[C@]3(C2)C(=O)Nc2ccccc23)n1. The van der Waals surface area contributed by atoms with Crippen LogP contribution in [-0.4, -0.2) is 29.0 Å². The molecule has 2 atom stereocenters. The lowest BCUT2D eigenvalue weighted by atomic mass is 9.74. The molecule has 0 bridgehead atoms. The summed E-state index contributed by atoms with van der Waals surface area (Å²) in [5.74, 6) is 0.997. The summed E-state index contributed by atoms with van der Waals surface area (Å²) in [5, 5.41) is 12.7. The number of aromatic nitrogens is 2. The van der Waals surface area contributed by atoms with E-state index in [2.05, 4.69) is 26.3 Å². The number of hydrogen-bond acceptors (Lipinski definition) is 5. The number of rotatable bonds is 1. The summed E-state index contributed by atoms with van der Waals surface area (Å²) in [6.07, 6.45) is 0. The van der Waals surface area contributed by atoms with E-state index in [0.717, 1.165) is 28.3 Å². The van der Waals surface area contributed by atoms with Crippen LogP contribution in [0.5, 0.6) is 0 Å². The third-order valence-electron chi connectivity index (χ3n) is 5.43. The van der Waals surface area contributed by atoms with Crippen molar-refractivity contribution in [3.8, 4) is 6.07 Å². The smallest absolute Gasteiger partial charge is 0.238 e. The Balaban J connectivity index is 1.84. The van der Waals surface area contributed by atoms with Gasteiger partial charge < -0.3 is 10.2 Å². The molecule has 6 heteroatoms. The number of amides is 1. The number of carbonyl (C=O) groups excluding carboxylic acids is 1. The number of aryl methyl sites for hydroxylation is 2. The molecule has 0 unspecified atom stereocenters. The largest absolute Gasteiger partial charge is 0.353 e. The first-order chi connectivity index (χ1) is 12.0. The van der Waals surface area contributed by atoms with Gasteiger partial charge in [0, 0.05) is 30.0 Å². The van der Waals surface area contributed by atoms with Crippen LogP contribution in [0.4, 0.5) is 11.5 Å². The van der Waals surface area contributed by atoms with Crippen molar-refractivity contribution in [2.45, 2.75) is 26.2 Å². The highest BCUT2D eigenvalue weighted by Crippen LogP contribution is 2.48. The van der Waals surface area contributed by atoms with Gasteiger partial charge in [0.25, 0.3) is 0 Å². The quantitative estimate of drug-likeness (QED) is 0.865. The van der Waals surface area contributed by atoms with Gasteiger partial charge in [0.15, 0.2) is 0 Å². The maximum atomic E-state index is 12.9. The Hall–Kier alpha value is -2.94. The van der Waals surface area contributed by atoms with Crippen molar-refractivity contribution in [2.24, 2.45) is 5.92 Å². The van der Waals surface area contributed by atoms with Crippen LogP contribution in [0.15, 0.2) is 24.3 Å². The summed E-state index contributed by atoms with van der Waals surface area (Å²) >= 11 is 0. The summed E-state index contributed by atoms with van der Waals surface area (Å²) in [6, 6.07) is 10.0.